The van der Waals surface area contributed by atoms with E-state index < -0.39 is 0 Å². The number of aliphatic hydroxyl groups is 1. The van der Waals surface area contributed by atoms with Gasteiger partial charge in [-0.25, -0.2) is 4.79 Å². The van der Waals surface area contributed by atoms with Crippen molar-refractivity contribution < 1.29 is 9.90 Å². The molecule has 180 valence electrons. The molecule has 0 aliphatic heterocycles. The zero-order chi connectivity index (χ0) is 24.5. The van der Waals surface area contributed by atoms with Gasteiger partial charge in [-0.15, -0.1) is 0 Å². The Balaban J connectivity index is 1.57. The summed E-state index contributed by atoms with van der Waals surface area (Å²) in [5.74, 6) is 0.484. The fourth-order valence-electron chi connectivity index (χ4n) is 3.92. The van der Waals surface area contributed by atoms with Crippen LogP contribution in [-0.4, -0.2) is 57.7 Å². The predicted octanol–water partition coefficient (Wildman–Crippen LogP) is 1.65. The maximum absolute atomic E-state index is 12.9. The van der Waals surface area contributed by atoms with Crippen molar-refractivity contribution in [3.8, 4) is 0 Å². The van der Waals surface area contributed by atoms with Crippen LogP contribution in [0.2, 0.25) is 0 Å². The molecule has 0 fully saturated rings. The smallest absolute Gasteiger partial charge is 0.332 e. The van der Waals surface area contributed by atoms with Gasteiger partial charge in [0.25, 0.3) is 5.56 Å². The minimum Gasteiger partial charge on any atom is -0.395 e. The summed E-state index contributed by atoms with van der Waals surface area (Å²) in [4.78, 5) is 39.0. The molecule has 8 nitrogen and oxygen atoms in total. The fourth-order valence-corrected chi connectivity index (χ4v) is 3.92. The van der Waals surface area contributed by atoms with E-state index >= 15 is 0 Å². The third kappa shape index (κ3) is 6.30. The second kappa shape index (κ2) is 12.1. The minimum atomic E-state index is -0.383. The van der Waals surface area contributed by atoms with Gasteiger partial charge in [0, 0.05) is 50.9 Å². The van der Waals surface area contributed by atoms with Crippen LogP contribution in [0.4, 0.5) is 5.82 Å². The summed E-state index contributed by atoms with van der Waals surface area (Å²) in [7, 11) is 3.06. The number of aliphatic hydroxyl groups excluding tert-OH is 1. The average Bonchev–Trinajstić information content (AvgIpc) is 2.86. The van der Waals surface area contributed by atoms with Crippen LogP contribution in [0.1, 0.15) is 27.9 Å². The van der Waals surface area contributed by atoms with Crippen molar-refractivity contribution in [2.24, 2.45) is 14.1 Å². The van der Waals surface area contributed by atoms with Crippen molar-refractivity contribution in [2.75, 3.05) is 38.1 Å². The maximum Gasteiger partial charge on any atom is 0.332 e. The van der Waals surface area contributed by atoms with Crippen LogP contribution >= 0.6 is 0 Å². The third-order valence-corrected chi connectivity index (χ3v) is 5.89. The highest BCUT2D eigenvalue weighted by atomic mass is 16.3. The Morgan fingerprint density at radius 3 is 2.38 bits per heavy atom. The Kier molecular flexibility index (Phi) is 8.95. The Morgan fingerprint density at radius 1 is 0.941 bits per heavy atom. The summed E-state index contributed by atoms with van der Waals surface area (Å²) < 4.78 is 2.46. The highest BCUT2D eigenvalue weighted by Gasteiger charge is 2.13. The number of benzene rings is 2. The van der Waals surface area contributed by atoms with E-state index in [1.807, 2.05) is 54.6 Å². The van der Waals surface area contributed by atoms with Gasteiger partial charge in [-0.2, -0.15) is 0 Å². The van der Waals surface area contributed by atoms with Crippen LogP contribution in [-0.2, 0) is 20.5 Å². The Morgan fingerprint density at radius 2 is 1.65 bits per heavy atom. The van der Waals surface area contributed by atoms with Gasteiger partial charge >= 0.3 is 5.69 Å². The van der Waals surface area contributed by atoms with Crippen LogP contribution in [0, 0.1) is 0 Å². The lowest BCUT2D eigenvalue weighted by molar-refractivity contribution is 0.103. The zero-order valence-corrected chi connectivity index (χ0v) is 19.7. The summed E-state index contributed by atoms with van der Waals surface area (Å²) in [5, 5.41) is 12.6. The van der Waals surface area contributed by atoms with E-state index in [4.69, 9.17) is 0 Å². The number of ketones is 1. The number of hydrogen-bond donors (Lipinski definition) is 2. The first-order valence-corrected chi connectivity index (χ1v) is 11.4. The van der Waals surface area contributed by atoms with Crippen molar-refractivity contribution in [1.82, 2.24) is 14.0 Å². The quantitative estimate of drug-likeness (QED) is 0.396. The van der Waals surface area contributed by atoms with E-state index in [0.717, 1.165) is 35.1 Å². The van der Waals surface area contributed by atoms with Gasteiger partial charge in [0.05, 0.1) is 6.61 Å². The highest BCUT2D eigenvalue weighted by molar-refractivity contribution is 6.09. The van der Waals surface area contributed by atoms with E-state index in [-0.39, 0.29) is 23.6 Å². The van der Waals surface area contributed by atoms with Crippen LogP contribution in [0.5, 0.6) is 0 Å². The molecule has 0 spiro atoms. The van der Waals surface area contributed by atoms with Crippen molar-refractivity contribution in [1.29, 1.82) is 0 Å². The SMILES string of the molecule is Cn1c(NCCN(CCO)CCCc2ccccc2C(=O)c2ccccc2)cc(=O)n(C)c1=O. The molecule has 1 aromatic heterocycles. The van der Waals surface area contributed by atoms with Crippen molar-refractivity contribution >= 4 is 11.6 Å². The van der Waals surface area contributed by atoms with Gasteiger partial charge < -0.3 is 10.4 Å². The summed E-state index contributed by atoms with van der Waals surface area (Å²) in [6.07, 6.45) is 1.57. The second-order valence-electron chi connectivity index (χ2n) is 8.22. The molecule has 0 atom stereocenters. The number of carbonyl (C=O) groups excluding carboxylic acids is 1. The summed E-state index contributed by atoms with van der Waals surface area (Å²) >= 11 is 0. The number of aromatic nitrogens is 2. The largest absolute Gasteiger partial charge is 0.395 e. The Bertz CT molecular complexity index is 1220. The molecule has 0 unspecified atom stereocenters. The molecule has 8 heteroatoms. The van der Waals surface area contributed by atoms with Gasteiger partial charge in [0.15, 0.2) is 5.78 Å². The monoisotopic (exact) mass is 464 g/mol. The molecule has 2 N–H and O–H groups in total. The predicted molar refractivity (Wildman–Crippen MR) is 134 cm³/mol. The molecular weight excluding hydrogens is 432 g/mol. The topological polar surface area (TPSA) is 96.6 Å². The highest BCUT2D eigenvalue weighted by Crippen LogP contribution is 2.16. The van der Waals surface area contributed by atoms with Crippen molar-refractivity contribution in [3.05, 3.63) is 98.2 Å². The van der Waals surface area contributed by atoms with E-state index in [1.165, 1.54) is 17.7 Å². The van der Waals surface area contributed by atoms with Gasteiger partial charge in [0.1, 0.15) is 5.82 Å². The van der Waals surface area contributed by atoms with Gasteiger partial charge in [0.2, 0.25) is 0 Å². The number of nitrogens with one attached hydrogen (secondary N) is 1. The molecule has 2 aromatic carbocycles. The molecule has 3 rings (SSSR count). The van der Waals surface area contributed by atoms with Gasteiger partial charge in [-0.3, -0.25) is 23.6 Å². The molecule has 0 amide bonds. The van der Waals surface area contributed by atoms with Crippen molar-refractivity contribution in [2.45, 2.75) is 12.8 Å². The summed E-state index contributed by atoms with van der Waals surface area (Å²) in [6.45, 7) is 2.44. The molecule has 3 aromatic rings. The van der Waals surface area contributed by atoms with Crippen molar-refractivity contribution in [3.63, 3.8) is 0 Å². The number of anilines is 1. The summed E-state index contributed by atoms with van der Waals surface area (Å²) in [6, 6.07) is 18.4. The number of carbonyl (C=O) groups is 1. The lowest BCUT2D eigenvalue weighted by Gasteiger charge is -2.22. The van der Waals surface area contributed by atoms with Crippen LogP contribution in [0.25, 0.3) is 0 Å². The molecule has 0 aliphatic carbocycles. The number of hydrogen-bond acceptors (Lipinski definition) is 6. The molecule has 0 saturated heterocycles. The Hall–Kier alpha value is -3.49. The number of rotatable bonds is 12. The van der Waals surface area contributed by atoms with Gasteiger partial charge in [-0.1, -0.05) is 54.6 Å². The second-order valence-corrected chi connectivity index (χ2v) is 8.22. The number of nitrogens with zero attached hydrogens (tertiary/aromatic N) is 3. The molecule has 34 heavy (non-hydrogen) atoms. The first-order valence-electron chi connectivity index (χ1n) is 11.4. The zero-order valence-electron chi connectivity index (χ0n) is 19.7. The lowest BCUT2D eigenvalue weighted by Crippen LogP contribution is -2.38. The molecular formula is C26H32N4O4. The molecule has 0 radical (unpaired) electrons. The normalized spacial score (nSPS) is 11.1. The Labute approximate surface area is 199 Å². The minimum absolute atomic E-state index is 0.0206. The van der Waals surface area contributed by atoms with E-state index in [1.54, 1.807) is 7.05 Å². The lowest BCUT2D eigenvalue weighted by atomic mass is 9.96. The van der Waals surface area contributed by atoms with E-state index in [9.17, 15) is 19.5 Å². The van der Waals surface area contributed by atoms with E-state index in [0.29, 0.717) is 31.0 Å². The molecule has 0 saturated carbocycles. The molecule has 0 bridgehead atoms. The first kappa shape index (κ1) is 25.1. The van der Waals surface area contributed by atoms with E-state index in [2.05, 4.69) is 10.2 Å². The first-order chi connectivity index (χ1) is 16.4. The van der Waals surface area contributed by atoms with Crippen LogP contribution < -0.4 is 16.6 Å². The van der Waals surface area contributed by atoms with Crippen LogP contribution in [0.15, 0.2) is 70.3 Å². The third-order valence-electron chi connectivity index (χ3n) is 5.89. The fraction of sp³-hybridized carbons (Fsp3) is 0.346. The maximum atomic E-state index is 12.9. The summed E-state index contributed by atoms with van der Waals surface area (Å²) in [5.41, 5.74) is 1.66. The number of aryl methyl sites for hydroxylation is 1. The van der Waals surface area contributed by atoms with Crippen LogP contribution in [0.3, 0.4) is 0 Å². The standard InChI is InChI=1S/C26H32N4O4/c1-28-23(19-24(32)29(2)26(28)34)27-14-16-30(17-18-31)15-8-12-20-9-6-7-13-22(20)25(33)21-10-4-3-5-11-21/h3-7,9-11,13,19,27,31H,8,12,14-18H2,1-2H3. The molecule has 0 aliphatic rings. The molecule has 1 heterocycles. The van der Waals surface area contributed by atoms with Gasteiger partial charge in [-0.05, 0) is 24.9 Å². The average molecular weight is 465 g/mol.